The first-order valence-corrected chi connectivity index (χ1v) is 5.48. The molecule has 0 aromatic carbocycles. The van der Waals surface area contributed by atoms with Crippen LogP contribution in [-0.2, 0) is 4.79 Å². The Hall–Kier alpha value is -0.940. The molecular weight excluding hydrogens is 198 g/mol. The summed E-state index contributed by atoms with van der Waals surface area (Å²) in [5.41, 5.74) is 0. The van der Waals surface area contributed by atoms with Gasteiger partial charge in [0.05, 0.1) is 0 Å². The topological polar surface area (TPSA) is 54.0 Å². The van der Waals surface area contributed by atoms with E-state index in [4.69, 9.17) is 0 Å². The number of nitrogens with one attached hydrogen (secondary N) is 2. The zero-order valence-corrected chi connectivity index (χ0v) is 8.86. The van der Waals surface area contributed by atoms with Crippen LogP contribution in [0.15, 0.2) is 6.20 Å². The van der Waals surface area contributed by atoms with Crippen LogP contribution in [0.5, 0.6) is 0 Å². The van der Waals surface area contributed by atoms with Gasteiger partial charge >= 0.3 is 0 Å². The molecule has 0 spiro atoms. The van der Waals surface area contributed by atoms with Crippen LogP contribution in [0.4, 0.5) is 5.13 Å². The summed E-state index contributed by atoms with van der Waals surface area (Å²) in [6.07, 6.45) is 2.37. The fourth-order valence-electron chi connectivity index (χ4n) is 1.34. The van der Waals surface area contributed by atoms with Gasteiger partial charge in [0.15, 0.2) is 5.13 Å². The molecule has 1 saturated heterocycles. The molecule has 0 bridgehead atoms. The summed E-state index contributed by atoms with van der Waals surface area (Å²) in [5.74, 6) is 0.585. The number of thiazole rings is 1. The molecule has 76 valence electrons. The summed E-state index contributed by atoms with van der Waals surface area (Å²) in [6.45, 7) is 3.90. The third-order valence-electron chi connectivity index (χ3n) is 2.21. The maximum absolute atomic E-state index is 11.5. The van der Waals surface area contributed by atoms with Crippen molar-refractivity contribution < 1.29 is 4.79 Å². The molecule has 2 heterocycles. The molecule has 1 aromatic rings. The first-order valence-electron chi connectivity index (χ1n) is 4.67. The zero-order valence-electron chi connectivity index (χ0n) is 8.04. The van der Waals surface area contributed by atoms with Crippen LogP contribution in [0.25, 0.3) is 0 Å². The van der Waals surface area contributed by atoms with Crippen molar-refractivity contribution in [3.8, 4) is 0 Å². The lowest BCUT2D eigenvalue weighted by atomic mass is 9.99. The van der Waals surface area contributed by atoms with Gasteiger partial charge in [0.2, 0.25) is 5.91 Å². The smallest absolute Gasteiger partial charge is 0.226 e. The largest absolute Gasteiger partial charge is 0.316 e. The number of amides is 1. The number of anilines is 1. The number of aryl methyl sites for hydroxylation is 1. The number of carbonyl (C=O) groups excluding carboxylic acids is 1. The summed E-state index contributed by atoms with van der Waals surface area (Å²) < 4.78 is 0. The first kappa shape index (κ1) is 9.61. The van der Waals surface area contributed by atoms with Crippen molar-refractivity contribution in [2.45, 2.75) is 13.3 Å². The van der Waals surface area contributed by atoms with E-state index < -0.39 is 0 Å². The molecule has 1 aliphatic heterocycles. The second-order valence-electron chi connectivity index (χ2n) is 3.55. The highest BCUT2D eigenvalue weighted by molar-refractivity contribution is 7.15. The van der Waals surface area contributed by atoms with Crippen molar-refractivity contribution in [3.05, 3.63) is 11.1 Å². The van der Waals surface area contributed by atoms with Crippen LogP contribution >= 0.6 is 11.3 Å². The summed E-state index contributed by atoms with van der Waals surface area (Å²) in [6, 6.07) is 0. The molecule has 0 aliphatic carbocycles. The predicted molar refractivity (Wildman–Crippen MR) is 56.5 cm³/mol. The zero-order chi connectivity index (χ0) is 9.97. The lowest BCUT2D eigenvalue weighted by Crippen LogP contribution is -2.43. The Morgan fingerprint density at radius 2 is 2.57 bits per heavy atom. The van der Waals surface area contributed by atoms with Crippen molar-refractivity contribution >= 4 is 22.4 Å². The van der Waals surface area contributed by atoms with Gasteiger partial charge in [-0.15, -0.1) is 11.3 Å². The van der Waals surface area contributed by atoms with E-state index in [1.165, 1.54) is 11.3 Å². The summed E-state index contributed by atoms with van der Waals surface area (Å²) in [4.78, 5) is 16.6. The Morgan fingerprint density at radius 1 is 1.79 bits per heavy atom. The first-order chi connectivity index (χ1) is 6.74. The maximum atomic E-state index is 11.5. The van der Waals surface area contributed by atoms with E-state index >= 15 is 0 Å². The minimum atomic E-state index is 0.0749. The molecule has 0 radical (unpaired) electrons. The minimum Gasteiger partial charge on any atom is -0.316 e. The van der Waals surface area contributed by atoms with E-state index in [2.05, 4.69) is 15.6 Å². The number of carbonyl (C=O) groups is 1. The number of hydrogen-bond acceptors (Lipinski definition) is 4. The molecule has 1 aromatic heterocycles. The Morgan fingerprint density at radius 3 is 3.07 bits per heavy atom. The monoisotopic (exact) mass is 211 g/mol. The van der Waals surface area contributed by atoms with Crippen molar-refractivity contribution in [3.63, 3.8) is 0 Å². The molecule has 4 nitrogen and oxygen atoms in total. The van der Waals surface area contributed by atoms with Gasteiger partial charge in [0, 0.05) is 17.5 Å². The van der Waals surface area contributed by atoms with E-state index in [1.54, 1.807) is 6.20 Å². The Kier molecular flexibility index (Phi) is 2.79. The molecule has 0 unspecified atom stereocenters. The number of aromatic nitrogens is 1. The Bertz CT molecular complexity index is 333. The average molecular weight is 211 g/mol. The number of hydrogen-bond donors (Lipinski definition) is 2. The fourth-order valence-corrected chi connectivity index (χ4v) is 2.02. The van der Waals surface area contributed by atoms with E-state index in [1.807, 2.05) is 6.92 Å². The van der Waals surface area contributed by atoms with E-state index in [0.29, 0.717) is 17.5 Å². The highest BCUT2D eigenvalue weighted by Crippen LogP contribution is 2.17. The molecule has 5 heteroatoms. The highest BCUT2D eigenvalue weighted by atomic mass is 32.1. The molecule has 2 N–H and O–H groups in total. The van der Waals surface area contributed by atoms with Crippen molar-refractivity contribution in [1.82, 2.24) is 10.3 Å². The van der Waals surface area contributed by atoms with E-state index in [-0.39, 0.29) is 5.91 Å². The van der Waals surface area contributed by atoms with Gasteiger partial charge in [-0.3, -0.25) is 4.79 Å². The number of rotatable bonds is 3. The van der Waals surface area contributed by atoms with E-state index in [0.717, 1.165) is 18.0 Å². The number of nitrogens with zero attached hydrogens (tertiary/aromatic N) is 1. The second kappa shape index (κ2) is 4.06. The molecule has 14 heavy (non-hydrogen) atoms. The fraction of sp³-hybridized carbons (Fsp3) is 0.556. The summed E-state index contributed by atoms with van der Waals surface area (Å²) >= 11 is 1.51. The second-order valence-corrected chi connectivity index (χ2v) is 4.79. The van der Waals surface area contributed by atoms with Crippen LogP contribution in [-0.4, -0.2) is 24.0 Å². The predicted octanol–water partition coefficient (Wildman–Crippen LogP) is 1.000. The SMILES string of the molecule is Cc1cnc(NC(=O)CC2CNC2)s1. The van der Waals surface area contributed by atoms with Gasteiger partial charge in [-0.05, 0) is 25.9 Å². The molecule has 2 rings (SSSR count). The van der Waals surface area contributed by atoms with Gasteiger partial charge in [-0.25, -0.2) is 4.98 Å². The molecule has 0 saturated carbocycles. The van der Waals surface area contributed by atoms with Gasteiger partial charge in [0.25, 0.3) is 0 Å². The highest BCUT2D eigenvalue weighted by Gasteiger charge is 2.20. The summed E-state index contributed by atoms with van der Waals surface area (Å²) in [5, 5.41) is 6.65. The van der Waals surface area contributed by atoms with Gasteiger partial charge in [0.1, 0.15) is 0 Å². The van der Waals surface area contributed by atoms with Crippen LogP contribution in [0.1, 0.15) is 11.3 Å². The van der Waals surface area contributed by atoms with Crippen molar-refractivity contribution in [2.75, 3.05) is 18.4 Å². The van der Waals surface area contributed by atoms with Gasteiger partial charge in [-0.2, -0.15) is 0 Å². The normalized spacial score (nSPS) is 16.4. The lowest BCUT2D eigenvalue weighted by molar-refractivity contribution is -0.117. The Labute approximate surface area is 86.7 Å². The molecule has 1 amide bonds. The molecular formula is C9H13N3OS. The summed E-state index contributed by atoms with van der Waals surface area (Å²) in [7, 11) is 0. The minimum absolute atomic E-state index is 0.0749. The maximum Gasteiger partial charge on any atom is 0.226 e. The molecule has 0 atom stereocenters. The quantitative estimate of drug-likeness (QED) is 0.784. The van der Waals surface area contributed by atoms with Gasteiger partial charge in [-0.1, -0.05) is 0 Å². The van der Waals surface area contributed by atoms with E-state index in [9.17, 15) is 4.79 Å². The average Bonchev–Trinajstić information content (AvgIpc) is 2.44. The third kappa shape index (κ3) is 2.30. The third-order valence-corrected chi connectivity index (χ3v) is 3.04. The Balaban J connectivity index is 1.81. The van der Waals surface area contributed by atoms with Crippen LogP contribution in [0.2, 0.25) is 0 Å². The van der Waals surface area contributed by atoms with Gasteiger partial charge < -0.3 is 10.6 Å². The van der Waals surface area contributed by atoms with Crippen LogP contribution in [0, 0.1) is 12.8 Å². The molecule has 1 aliphatic rings. The van der Waals surface area contributed by atoms with Crippen molar-refractivity contribution in [2.24, 2.45) is 5.92 Å². The van der Waals surface area contributed by atoms with Crippen LogP contribution in [0.3, 0.4) is 0 Å². The van der Waals surface area contributed by atoms with Crippen molar-refractivity contribution in [1.29, 1.82) is 0 Å². The lowest BCUT2D eigenvalue weighted by Gasteiger charge is -2.25. The van der Waals surface area contributed by atoms with Crippen LogP contribution < -0.4 is 10.6 Å². The molecule has 1 fully saturated rings. The standard InChI is InChI=1S/C9H13N3OS/c1-6-3-11-9(14-6)12-8(13)2-7-4-10-5-7/h3,7,10H,2,4-5H2,1H3,(H,11,12,13).